The average molecular weight is 921 g/mol. The summed E-state index contributed by atoms with van der Waals surface area (Å²) in [6.45, 7) is 11.0. The Morgan fingerprint density at radius 1 is 0.910 bits per heavy atom. The van der Waals surface area contributed by atoms with Crippen molar-refractivity contribution < 1.29 is 37.8 Å². The van der Waals surface area contributed by atoms with E-state index in [2.05, 4.69) is 26.3 Å². The van der Waals surface area contributed by atoms with Gasteiger partial charge in [0.05, 0.1) is 23.0 Å². The van der Waals surface area contributed by atoms with Gasteiger partial charge in [0.25, 0.3) is 5.91 Å². The molecule has 1 aliphatic rings. The van der Waals surface area contributed by atoms with Crippen LogP contribution in [0, 0.1) is 31.0 Å². The molecule has 2 heterocycles. The van der Waals surface area contributed by atoms with Gasteiger partial charge >= 0.3 is 0 Å². The normalized spacial score (nSPS) is 16.6. The van der Waals surface area contributed by atoms with Gasteiger partial charge in [-0.15, -0.1) is 0 Å². The molecule has 4 unspecified atom stereocenters. The second-order valence-electron chi connectivity index (χ2n) is 17.4. The zero-order chi connectivity index (χ0) is 49.2. The van der Waals surface area contributed by atoms with Crippen LogP contribution < -0.4 is 47.9 Å². The zero-order valence-electron chi connectivity index (χ0n) is 39.0. The summed E-state index contributed by atoms with van der Waals surface area (Å²) in [4.78, 5) is 76.3. The van der Waals surface area contributed by atoms with Gasteiger partial charge in [-0.25, -0.2) is 4.39 Å². The number of pyridine rings is 1. The molecule has 1 aliphatic heterocycles. The second kappa shape index (κ2) is 22.5. The van der Waals surface area contributed by atoms with Crippen molar-refractivity contribution in [2.24, 2.45) is 17.2 Å². The Morgan fingerprint density at radius 2 is 1.57 bits per heavy atom. The van der Waals surface area contributed by atoms with Crippen LogP contribution in [0.1, 0.15) is 78.5 Å². The van der Waals surface area contributed by atoms with Crippen LogP contribution in [0.15, 0.2) is 60.7 Å². The highest BCUT2D eigenvalue weighted by Gasteiger charge is 2.36. The first-order chi connectivity index (χ1) is 31.8. The SMILES string of the molecule is Cc1cc(-c2ccc(C(C)(C)C)cc2F)nc(C)c1C(=O)NC(CCN)C(=O)N(C)C1C(=O)NC(C)C(=O)NC(C(=O)NCC#N)Cc2ccc(OCCN)c(c2)-c2cc1ccc2OCCN. The fourth-order valence-corrected chi connectivity index (χ4v) is 7.86. The Kier molecular flexibility index (Phi) is 17.1. The summed E-state index contributed by atoms with van der Waals surface area (Å²) in [6.07, 6.45) is -0.0398. The maximum absolute atomic E-state index is 15.5. The molecular weight excluding hydrogens is 860 g/mol. The summed E-state index contributed by atoms with van der Waals surface area (Å²) in [6, 6.07) is 13.5. The van der Waals surface area contributed by atoms with Gasteiger partial charge in [-0.3, -0.25) is 29.0 Å². The summed E-state index contributed by atoms with van der Waals surface area (Å²) in [5.41, 5.74) is 21.6. The van der Waals surface area contributed by atoms with E-state index in [4.69, 9.17) is 31.9 Å². The molecule has 0 spiro atoms. The molecule has 356 valence electrons. The lowest BCUT2D eigenvalue weighted by Gasteiger charge is -2.32. The van der Waals surface area contributed by atoms with Crippen molar-refractivity contribution in [2.75, 3.05) is 46.4 Å². The number of likely N-dealkylation sites (N-methyl/N-ethyl adjacent to an activating group) is 1. The van der Waals surface area contributed by atoms with Gasteiger partial charge in [0.1, 0.15) is 61.2 Å². The van der Waals surface area contributed by atoms with Crippen molar-refractivity contribution in [3.05, 3.63) is 100.0 Å². The van der Waals surface area contributed by atoms with E-state index >= 15 is 4.39 Å². The first kappa shape index (κ1) is 51.1. The number of halogens is 1. The van der Waals surface area contributed by atoms with Gasteiger partial charge in [-0.1, -0.05) is 39.0 Å². The molecule has 1 aromatic heterocycles. The summed E-state index contributed by atoms with van der Waals surface area (Å²) >= 11 is 0. The van der Waals surface area contributed by atoms with Crippen molar-refractivity contribution in [1.29, 1.82) is 5.26 Å². The molecule has 0 aliphatic carbocycles. The van der Waals surface area contributed by atoms with E-state index in [0.717, 1.165) is 10.5 Å². The van der Waals surface area contributed by atoms with Crippen molar-refractivity contribution in [2.45, 2.75) is 84.0 Å². The number of amides is 5. The molecule has 5 rings (SSSR count). The minimum absolute atomic E-state index is 0.0100. The molecule has 67 heavy (non-hydrogen) atoms. The van der Waals surface area contributed by atoms with E-state index in [1.165, 1.54) is 20.0 Å². The fourth-order valence-electron chi connectivity index (χ4n) is 7.86. The van der Waals surface area contributed by atoms with Crippen LogP contribution in [0.2, 0.25) is 0 Å². The lowest BCUT2D eigenvalue weighted by atomic mass is 9.86. The van der Waals surface area contributed by atoms with Crippen LogP contribution in [0.4, 0.5) is 4.39 Å². The topological polar surface area (TPSA) is 270 Å². The molecule has 17 nitrogen and oxygen atoms in total. The first-order valence-electron chi connectivity index (χ1n) is 22.1. The van der Waals surface area contributed by atoms with Crippen LogP contribution in [-0.4, -0.2) is 104 Å². The minimum atomic E-state index is -1.43. The summed E-state index contributed by atoms with van der Waals surface area (Å²) in [5, 5.41) is 19.9. The Morgan fingerprint density at radius 3 is 2.16 bits per heavy atom. The Bertz CT molecular complexity index is 2520. The van der Waals surface area contributed by atoms with Crippen LogP contribution in [0.3, 0.4) is 0 Å². The summed E-state index contributed by atoms with van der Waals surface area (Å²) in [7, 11) is 1.40. The van der Waals surface area contributed by atoms with Gasteiger partial charge in [0, 0.05) is 43.2 Å². The van der Waals surface area contributed by atoms with Gasteiger partial charge in [-0.2, -0.15) is 5.26 Å². The van der Waals surface area contributed by atoms with E-state index in [0.29, 0.717) is 50.7 Å². The molecule has 18 heteroatoms. The maximum Gasteiger partial charge on any atom is 0.254 e. The number of carbonyl (C=O) groups is 5. The van der Waals surface area contributed by atoms with Crippen molar-refractivity contribution in [3.63, 3.8) is 0 Å². The Labute approximate surface area is 390 Å². The number of aryl methyl sites for hydroxylation is 2. The monoisotopic (exact) mass is 920 g/mol. The third-order valence-corrected chi connectivity index (χ3v) is 11.3. The van der Waals surface area contributed by atoms with Crippen LogP contribution >= 0.6 is 0 Å². The molecular formula is C49H61FN10O7. The maximum atomic E-state index is 15.5. The first-order valence-corrected chi connectivity index (χ1v) is 22.1. The number of rotatable bonds is 15. The average Bonchev–Trinajstić information content (AvgIpc) is 3.28. The lowest BCUT2D eigenvalue weighted by Crippen LogP contribution is -2.56. The number of hydrogen-bond acceptors (Lipinski definition) is 12. The third kappa shape index (κ3) is 12.3. The molecule has 0 saturated heterocycles. The van der Waals surface area contributed by atoms with E-state index in [1.54, 1.807) is 62.4 Å². The third-order valence-electron chi connectivity index (χ3n) is 11.3. The molecule has 4 atom stereocenters. The standard InChI is InChI=1S/C49H61FN10O7/c1-27-22-38(33-11-10-32(26-36(33)50)49(4,5)6)56-28(2)42(27)46(63)58-37(14-15-51)48(65)60(7)43-31-9-13-41(67-21-18-54)35(25-31)34-23-30(8-12-40(34)66-20-17-53)24-39(45(62)55-19-16-52)59-44(61)29(3)57-47(43)64/h8-13,22-23,25-26,29,37,39,43H,14-15,17-21,24,51,53-54H2,1-7H3,(H,55,62)(H,57,64)(H,58,63)(H,59,61). The van der Waals surface area contributed by atoms with E-state index in [-0.39, 0.29) is 68.8 Å². The number of aromatic nitrogens is 1. The molecule has 0 saturated carbocycles. The molecule has 0 fully saturated rings. The minimum Gasteiger partial charge on any atom is -0.492 e. The van der Waals surface area contributed by atoms with Gasteiger partial charge < -0.3 is 52.8 Å². The number of nitrogens with two attached hydrogens (primary N) is 3. The Balaban J connectivity index is 1.58. The number of fused-ring (bicyclic) bond motifs is 5. The van der Waals surface area contributed by atoms with E-state index in [1.807, 2.05) is 32.9 Å². The van der Waals surface area contributed by atoms with Crippen LogP contribution in [0.25, 0.3) is 22.4 Å². The molecule has 10 N–H and O–H groups in total. The number of hydrogen-bond donors (Lipinski definition) is 7. The summed E-state index contributed by atoms with van der Waals surface area (Å²) < 4.78 is 27.6. The highest BCUT2D eigenvalue weighted by atomic mass is 19.1. The highest BCUT2D eigenvalue weighted by Crippen LogP contribution is 2.40. The van der Waals surface area contributed by atoms with Crippen molar-refractivity contribution in [3.8, 4) is 40.0 Å². The molecule has 0 radical (unpaired) electrons. The van der Waals surface area contributed by atoms with Crippen molar-refractivity contribution >= 4 is 29.5 Å². The smallest absolute Gasteiger partial charge is 0.254 e. The largest absolute Gasteiger partial charge is 0.492 e. The lowest BCUT2D eigenvalue weighted by molar-refractivity contribution is -0.141. The highest BCUT2D eigenvalue weighted by molar-refractivity contribution is 6.01. The molecule has 3 aromatic carbocycles. The van der Waals surface area contributed by atoms with Gasteiger partial charge in [-0.05, 0) is 104 Å². The molecule has 4 aromatic rings. The van der Waals surface area contributed by atoms with Crippen LogP contribution in [-0.2, 0) is 31.0 Å². The number of benzene rings is 3. The quantitative estimate of drug-likeness (QED) is 0.0849. The molecule has 5 amide bonds. The van der Waals surface area contributed by atoms with Crippen LogP contribution in [0.5, 0.6) is 11.5 Å². The number of nitriles is 1. The van der Waals surface area contributed by atoms with E-state index in [9.17, 15) is 24.0 Å². The summed E-state index contributed by atoms with van der Waals surface area (Å²) in [5.74, 6) is -3.16. The second-order valence-corrected chi connectivity index (χ2v) is 17.4. The number of nitrogens with zero attached hydrogens (tertiary/aromatic N) is 3. The van der Waals surface area contributed by atoms with Gasteiger partial charge in [0.2, 0.25) is 23.6 Å². The fraction of sp³-hybridized carbons (Fsp3) is 0.408. The molecule has 4 bridgehead atoms. The van der Waals surface area contributed by atoms with Crippen molar-refractivity contribution in [1.82, 2.24) is 31.2 Å². The predicted octanol–water partition coefficient (Wildman–Crippen LogP) is 2.98. The Hall–Kier alpha value is -6.94. The zero-order valence-corrected chi connectivity index (χ0v) is 39.0. The number of carbonyl (C=O) groups excluding carboxylic acids is 5. The van der Waals surface area contributed by atoms with Gasteiger partial charge in [0.15, 0.2) is 0 Å². The number of nitrogens with one attached hydrogen (secondary N) is 4. The van der Waals surface area contributed by atoms with E-state index < -0.39 is 59.5 Å². The predicted molar refractivity (Wildman–Crippen MR) is 251 cm³/mol. The number of ether oxygens (including phenoxy) is 2.